The summed E-state index contributed by atoms with van der Waals surface area (Å²) >= 11 is 1.68. The molecule has 1 saturated heterocycles. The normalized spacial score (nSPS) is 20.7. The summed E-state index contributed by atoms with van der Waals surface area (Å²) in [5.41, 5.74) is 2.11. The number of carbonyl (C=O) groups is 2. The Kier molecular flexibility index (Phi) is 11.5. The fourth-order valence-corrected chi connectivity index (χ4v) is 4.56. The number of morpholine rings is 1. The molecule has 16 heteroatoms. The van der Waals surface area contributed by atoms with E-state index in [1.54, 1.807) is 11.3 Å². The first-order valence-corrected chi connectivity index (χ1v) is 12.4. The van der Waals surface area contributed by atoms with Crippen molar-refractivity contribution in [3.63, 3.8) is 0 Å². The molecule has 2 aromatic heterocycles. The van der Waals surface area contributed by atoms with Crippen LogP contribution in [0.5, 0.6) is 0 Å². The van der Waals surface area contributed by atoms with Gasteiger partial charge in [0.05, 0.1) is 42.7 Å². The van der Waals surface area contributed by atoms with E-state index in [1.165, 1.54) is 0 Å². The van der Waals surface area contributed by atoms with Gasteiger partial charge < -0.3 is 24.6 Å². The molecule has 3 heterocycles. The maximum absolute atomic E-state index is 10.6. The van der Waals surface area contributed by atoms with Crippen LogP contribution in [0.2, 0.25) is 0 Å². The van der Waals surface area contributed by atoms with Gasteiger partial charge in [-0.2, -0.15) is 26.3 Å². The molecule has 3 atom stereocenters. The monoisotopic (exact) mass is 587 g/mol. The average Bonchev–Trinajstić information content (AvgIpc) is 3.44. The van der Waals surface area contributed by atoms with E-state index in [-0.39, 0.29) is 0 Å². The smallest absolute Gasteiger partial charge is 0.475 e. The predicted octanol–water partition coefficient (Wildman–Crippen LogP) is 4.62. The fourth-order valence-electron chi connectivity index (χ4n) is 3.96. The number of nitrogens with zero attached hydrogens (tertiary/aromatic N) is 3. The largest absolute Gasteiger partial charge is 0.490 e. The number of thiazole rings is 1. The molecule has 2 fully saturated rings. The van der Waals surface area contributed by atoms with Gasteiger partial charge in [-0.05, 0) is 44.7 Å². The van der Waals surface area contributed by atoms with Gasteiger partial charge in [-0.25, -0.2) is 19.6 Å². The van der Waals surface area contributed by atoms with Gasteiger partial charge in [0.2, 0.25) is 0 Å². The molecule has 218 valence electrons. The van der Waals surface area contributed by atoms with E-state index < -0.39 is 24.3 Å². The lowest BCUT2D eigenvalue weighted by atomic mass is 10.1. The third-order valence-electron chi connectivity index (χ3n) is 5.56. The SMILES string of the molecule is Cc1cccc(N2CCOC3CC(COCc4csc(C)n4)CC32)n1.O=C(O)C(F)(F)F.O=C(O)C(F)(F)F. The number of aliphatic carboxylic acids is 2. The third-order valence-corrected chi connectivity index (χ3v) is 6.38. The lowest BCUT2D eigenvalue weighted by molar-refractivity contribution is -0.193. The van der Waals surface area contributed by atoms with Crippen molar-refractivity contribution in [2.75, 3.05) is 24.7 Å². The highest BCUT2D eigenvalue weighted by Crippen LogP contribution is 2.36. The average molecular weight is 588 g/mol. The summed E-state index contributed by atoms with van der Waals surface area (Å²) in [7, 11) is 0. The molecule has 3 unspecified atom stereocenters. The summed E-state index contributed by atoms with van der Waals surface area (Å²) in [4.78, 5) is 29.4. The first kappa shape index (κ1) is 32.2. The molecule has 2 N–H and O–H groups in total. The Bertz CT molecular complexity index is 1070. The highest BCUT2D eigenvalue weighted by atomic mass is 32.1. The van der Waals surface area contributed by atoms with Crippen molar-refractivity contribution in [2.24, 2.45) is 5.92 Å². The van der Waals surface area contributed by atoms with Crippen LogP contribution in [0.3, 0.4) is 0 Å². The summed E-state index contributed by atoms with van der Waals surface area (Å²) in [5.74, 6) is -3.89. The molecule has 0 radical (unpaired) electrons. The molecule has 4 rings (SSSR count). The summed E-state index contributed by atoms with van der Waals surface area (Å²) in [6.45, 7) is 7.17. The molecule has 9 nitrogen and oxygen atoms in total. The molecule has 1 aliphatic heterocycles. The second kappa shape index (κ2) is 13.9. The number of alkyl halides is 6. The molecule has 2 aliphatic rings. The van der Waals surface area contributed by atoms with Gasteiger partial charge in [0.15, 0.2) is 0 Å². The van der Waals surface area contributed by atoms with Crippen molar-refractivity contribution in [1.82, 2.24) is 9.97 Å². The van der Waals surface area contributed by atoms with Crippen LogP contribution >= 0.6 is 11.3 Å². The third kappa shape index (κ3) is 10.6. The van der Waals surface area contributed by atoms with Gasteiger partial charge in [0, 0.05) is 17.6 Å². The minimum atomic E-state index is -5.08. The number of hydrogen-bond donors (Lipinski definition) is 2. The Morgan fingerprint density at radius 1 is 1.08 bits per heavy atom. The Hall–Kier alpha value is -2.98. The second-order valence-electron chi connectivity index (χ2n) is 8.62. The minimum absolute atomic E-state index is 0.297. The van der Waals surface area contributed by atoms with Crippen molar-refractivity contribution >= 4 is 29.1 Å². The number of hydrogen-bond acceptors (Lipinski definition) is 8. The number of halogens is 6. The van der Waals surface area contributed by atoms with E-state index in [0.717, 1.165) is 54.8 Å². The molecular weight excluding hydrogens is 560 g/mol. The lowest BCUT2D eigenvalue weighted by Gasteiger charge is -2.38. The van der Waals surface area contributed by atoms with E-state index in [1.807, 2.05) is 19.9 Å². The number of fused-ring (bicyclic) bond motifs is 1. The Labute approximate surface area is 223 Å². The van der Waals surface area contributed by atoms with Crippen molar-refractivity contribution in [3.8, 4) is 0 Å². The first-order chi connectivity index (χ1) is 18.1. The zero-order valence-electron chi connectivity index (χ0n) is 20.8. The van der Waals surface area contributed by atoms with E-state index in [2.05, 4.69) is 27.4 Å². The number of anilines is 1. The van der Waals surface area contributed by atoms with Gasteiger partial charge in [-0.1, -0.05) is 6.07 Å². The van der Waals surface area contributed by atoms with Crippen LogP contribution in [0.4, 0.5) is 32.2 Å². The lowest BCUT2D eigenvalue weighted by Crippen LogP contribution is -2.49. The number of rotatable bonds is 5. The van der Waals surface area contributed by atoms with Crippen LogP contribution in [0, 0.1) is 19.8 Å². The molecule has 1 saturated carbocycles. The highest BCUT2D eigenvalue weighted by molar-refractivity contribution is 7.09. The topological polar surface area (TPSA) is 122 Å². The Morgan fingerprint density at radius 2 is 1.69 bits per heavy atom. The summed E-state index contributed by atoms with van der Waals surface area (Å²) in [5, 5.41) is 17.4. The van der Waals surface area contributed by atoms with Crippen molar-refractivity contribution in [2.45, 2.75) is 57.8 Å². The molecule has 1 aliphatic carbocycles. The van der Waals surface area contributed by atoms with Crippen LogP contribution in [-0.4, -0.2) is 76.4 Å². The molecule has 0 aromatic carbocycles. The second-order valence-corrected chi connectivity index (χ2v) is 9.69. The van der Waals surface area contributed by atoms with E-state index in [9.17, 15) is 26.3 Å². The number of carboxylic acid groups (broad SMARTS) is 2. The van der Waals surface area contributed by atoms with E-state index in [4.69, 9.17) is 34.3 Å². The standard InChI is InChI=1S/C19H25N3O2S.2C2HF3O2/c1-13-4-3-5-19(20-13)22-6-7-24-18-9-15(8-17(18)22)10-23-11-16-12-25-14(2)21-16;2*3-2(4,5)1(6)7/h3-5,12,15,17-18H,6-11H2,1-2H3;2*(H,6,7). The van der Waals surface area contributed by atoms with E-state index >= 15 is 0 Å². The van der Waals surface area contributed by atoms with Crippen LogP contribution in [-0.2, 0) is 25.7 Å². The van der Waals surface area contributed by atoms with Gasteiger partial charge in [-0.3, -0.25) is 0 Å². The Balaban J connectivity index is 0.000000317. The molecule has 39 heavy (non-hydrogen) atoms. The zero-order valence-corrected chi connectivity index (χ0v) is 21.6. The summed E-state index contributed by atoms with van der Waals surface area (Å²) < 4.78 is 75.5. The van der Waals surface area contributed by atoms with Crippen LogP contribution < -0.4 is 4.90 Å². The first-order valence-electron chi connectivity index (χ1n) is 11.5. The summed E-state index contributed by atoms with van der Waals surface area (Å²) in [6.07, 6.45) is -7.69. The van der Waals surface area contributed by atoms with Crippen LogP contribution in [0.25, 0.3) is 0 Å². The number of ether oxygens (including phenoxy) is 2. The number of pyridine rings is 1. The molecule has 0 spiro atoms. The van der Waals surface area contributed by atoms with Crippen molar-refractivity contribution in [1.29, 1.82) is 0 Å². The van der Waals surface area contributed by atoms with Crippen molar-refractivity contribution < 1.29 is 55.6 Å². The quantitative estimate of drug-likeness (QED) is 0.483. The molecule has 2 aromatic rings. The number of aromatic nitrogens is 2. The van der Waals surface area contributed by atoms with Gasteiger partial charge in [-0.15, -0.1) is 11.3 Å². The van der Waals surface area contributed by atoms with E-state index in [0.29, 0.717) is 24.7 Å². The Morgan fingerprint density at radius 3 is 2.21 bits per heavy atom. The fraction of sp³-hybridized carbons (Fsp3) is 0.565. The molecule has 0 bridgehead atoms. The van der Waals surface area contributed by atoms with Crippen LogP contribution in [0.15, 0.2) is 23.6 Å². The maximum Gasteiger partial charge on any atom is 0.490 e. The van der Waals surface area contributed by atoms with Gasteiger partial charge >= 0.3 is 24.3 Å². The highest BCUT2D eigenvalue weighted by Gasteiger charge is 2.42. The molecular formula is C23H27F6N3O6S. The van der Waals surface area contributed by atoms with Gasteiger partial charge in [0.25, 0.3) is 0 Å². The minimum Gasteiger partial charge on any atom is -0.475 e. The maximum atomic E-state index is 10.6. The van der Waals surface area contributed by atoms with Crippen LogP contribution in [0.1, 0.15) is 29.2 Å². The summed E-state index contributed by atoms with van der Waals surface area (Å²) in [6, 6.07) is 6.67. The van der Waals surface area contributed by atoms with Crippen molar-refractivity contribution in [3.05, 3.63) is 40.0 Å². The predicted molar refractivity (Wildman–Crippen MR) is 126 cm³/mol. The zero-order chi connectivity index (χ0) is 29.4. The number of carboxylic acids is 2. The van der Waals surface area contributed by atoms with Gasteiger partial charge in [0.1, 0.15) is 5.82 Å². The molecule has 0 amide bonds. The number of aryl methyl sites for hydroxylation is 2.